The van der Waals surface area contributed by atoms with Gasteiger partial charge in [0.2, 0.25) is 10.8 Å². The Hall–Kier alpha value is -8.66. The molecule has 0 saturated heterocycles. The van der Waals surface area contributed by atoms with Crippen molar-refractivity contribution in [3.8, 4) is 24.3 Å². The minimum Gasteiger partial charge on any atom is -0.459 e. The minimum absolute atomic E-state index is 0.0731. The van der Waals surface area contributed by atoms with E-state index in [0.717, 1.165) is 34.8 Å². The quantitative estimate of drug-likeness (QED) is 0.0435. The van der Waals surface area contributed by atoms with Crippen molar-refractivity contribution in [1.82, 2.24) is 0 Å². The summed E-state index contributed by atoms with van der Waals surface area (Å²) >= 11 is 2.07. The molecule has 2 heterocycles. The molecule has 2 aromatic heterocycles. The highest BCUT2D eigenvalue weighted by molar-refractivity contribution is 7.29. The van der Waals surface area contributed by atoms with Gasteiger partial charge in [-0.2, -0.15) is 21.0 Å². The van der Waals surface area contributed by atoms with Crippen molar-refractivity contribution in [2.24, 2.45) is 0 Å². The second kappa shape index (κ2) is 19.0. The van der Waals surface area contributed by atoms with Gasteiger partial charge in [-0.15, -0.1) is 22.7 Å². The zero-order valence-electron chi connectivity index (χ0n) is 34.6. The van der Waals surface area contributed by atoms with Crippen LogP contribution in [0, 0.1) is 45.3 Å². The van der Waals surface area contributed by atoms with E-state index in [-0.39, 0.29) is 58.1 Å². The van der Waals surface area contributed by atoms with Crippen LogP contribution in [0.15, 0.2) is 156 Å². The molecule has 0 amide bonds. The molecule has 0 spiro atoms. The van der Waals surface area contributed by atoms with Crippen LogP contribution in [0.4, 0.5) is 0 Å². The summed E-state index contributed by atoms with van der Waals surface area (Å²) in [5.41, 5.74) is -3.28. The van der Waals surface area contributed by atoms with Crippen LogP contribution >= 0.6 is 22.7 Å². The second-order valence-electron chi connectivity index (χ2n) is 14.9. The van der Waals surface area contributed by atoms with E-state index in [2.05, 4.69) is 0 Å². The van der Waals surface area contributed by atoms with E-state index in [1.807, 2.05) is 24.3 Å². The van der Waals surface area contributed by atoms with E-state index in [4.69, 9.17) is 18.9 Å². The SMILES string of the molecule is N#CC(C#N)=CC1=Cc2sc3c4c(sc3c2C1(C(=O)OCc1ccccc1)C(=O)OCc1ccccc1)C=C(C=C(C#N)C#N)C4(C(=O)OCc1ccccc1)C(=O)OCc1ccccc1. The summed E-state index contributed by atoms with van der Waals surface area (Å²) in [5, 5.41) is 39.8. The molecule has 320 valence electrons. The lowest BCUT2D eigenvalue weighted by Crippen LogP contribution is -2.46. The topological polar surface area (TPSA) is 200 Å². The molecule has 14 heteroatoms. The molecule has 66 heavy (non-hydrogen) atoms. The number of nitrogens with zero attached hydrogens (tertiary/aromatic N) is 4. The molecule has 0 atom stereocenters. The molecule has 6 aromatic rings. The van der Waals surface area contributed by atoms with Gasteiger partial charge in [-0.05, 0) is 57.7 Å². The maximum absolute atomic E-state index is 15.1. The first-order valence-corrected chi connectivity index (χ1v) is 21.7. The zero-order chi connectivity index (χ0) is 46.3. The van der Waals surface area contributed by atoms with Crippen molar-refractivity contribution >= 4 is 68.1 Å². The largest absolute Gasteiger partial charge is 0.459 e. The first kappa shape index (κ1) is 44.0. The van der Waals surface area contributed by atoms with Gasteiger partial charge in [0.15, 0.2) is 0 Å². The number of rotatable bonds is 14. The molecular formula is C52H32N4O8S2. The maximum atomic E-state index is 15.1. The number of esters is 4. The number of nitriles is 4. The number of allylic oxidation sites excluding steroid dienone is 4. The summed E-state index contributed by atoms with van der Waals surface area (Å²) < 4.78 is 24.5. The molecule has 8 rings (SSSR count). The van der Waals surface area contributed by atoms with Gasteiger partial charge in [-0.1, -0.05) is 121 Å². The van der Waals surface area contributed by atoms with Gasteiger partial charge >= 0.3 is 23.9 Å². The Morgan fingerprint density at radius 2 is 0.697 bits per heavy atom. The van der Waals surface area contributed by atoms with Crippen molar-refractivity contribution in [2.45, 2.75) is 37.3 Å². The maximum Gasteiger partial charge on any atom is 0.333 e. The molecule has 0 bridgehead atoms. The van der Waals surface area contributed by atoms with Crippen molar-refractivity contribution < 1.29 is 38.1 Å². The Labute approximate surface area is 386 Å². The van der Waals surface area contributed by atoms with Crippen LogP contribution in [0.25, 0.3) is 21.6 Å². The number of benzene rings is 4. The summed E-state index contributed by atoms with van der Waals surface area (Å²) in [6.07, 6.45) is 5.26. The van der Waals surface area contributed by atoms with E-state index >= 15 is 19.2 Å². The minimum atomic E-state index is -2.44. The van der Waals surface area contributed by atoms with Gasteiger partial charge in [0.1, 0.15) is 61.9 Å². The third kappa shape index (κ3) is 7.95. The van der Waals surface area contributed by atoms with E-state index in [1.54, 1.807) is 121 Å². The lowest BCUT2D eigenvalue weighted by Gasteiger charge is -2.29. The number of carbonyl (C=O) groups excluding carboxylic acids is 4. The lowest BCUT2D eigenvalue weighted by atomic mass is 9.75. The standard InChI is InChI=1S/C52H32N4O8S2/c53-25-37(26-54)21-39-23-41-43(51(39,47(57)61-29-33-13-5-1-6-14-33)48(58)62-30-34-15-7-2-8-16-34)45-46(65-41)44-42(66-45)24-40(22-38(27-55)28-56)52(44,49(59)63-31-35-17-9-3-10-18-35)50(60)64-32-36-19-11-4-12-20-36/h1-24H,29-32H2. The molecule has 0 aliphatic heterocycles. The number of hydrogen-bond acceptors (Lipinski definition) is 14. The van der Waals surface area contributed by atoms with Crippen LogP contribution < -0.4 is 0 Å². The third-order valence-electron chi connectivity index (χ3n) is 10.9. The van der Waals surface area contributed by atoms with Gasteiger partial charge in [0.25, 0.3) is 0 Å². The van der Waals surface area contributed by atoms with Crippen LogP contribution in [0.1, 0.15) is 43.1 Å². The molecule has 2 aliphatic rings. The molecule has 4 aromatic carbocycles. The van der Waals surface area contributed by atoms with Gasteiger partial charge in [0.05, 0.1) is 9.40 Å². The van der Waals surface area contributed by atoms with Crippen LogP contribution in [0.5, 0.6) is 0 Å². The predicted octanol–water partition coefficient (Wildman–Crippen LogP) is 9.15. The monoisotopic (exact) mass is 904 g/mol. The number of fused-ring (bicyclic) bond motifs is 5. The van der Waals surface area contributed by atoms with Gasteiger partial charge < -0.3 is 18.9 Å². The van der Waals surface area contributed by atoms with Crippen LogP contribution in [0.3, 0.4) is 0 Å². The van der Waals surface area contributed by atoms with Crippen LogP contribution in [0.2, 0.25) is 0 Å². The molecular weight excluding hydrogens is 873 g/mol. The highest BCUT2D eigenvalue weighted by Gasteiger charge is 2.62. The summed E-state index contributed by atoms with van der Waals surface area (Å²) in [7, 11) is 0. The fourth-order valence-corrected chi connectivity index (χ4v) is 10.9. The first-order chi connectivity index (χ1) is 32.2. The van der Waals surface area contributed by atoms with Crippen molar-refractivity contribution in [1.29, 1.82) is 21.0 Å². The lowest BCUT2D eigenvalue weighted by molar-refractivity contribution is -0.166. The molecule has 0 unspecified atom stereocenters. The Morgan fingerprint density at radius 1 is 0.439 bits per heavy atom. The summed E-state index contributed by atoms with van der Waals surface area (Å²) in [4.78, 5) is 60.9. The molecule has 0 fully saturated rings. The van der Waals surface area contributed by atoms with E-state index in [0.29, 0.717) is 32.0 Å². The highest BCUT2D eigenvalue weighted by atomic mass is 32.1. The van der Waals surface area contributed by atoms with Crippen molar-refractivity contribution in [2.75, 3.05) is 0 Å². The molecule has 2 aliphatic carbocycles. The van der Waals surface area contributed by atoms with E-state index in [9.17, 15) is 21.0 Å². The van der Waals surface area contributed by atoms with Crippen LogP contribution in [-0.4, -0.2) is 23.9 Å². The fourth-order valence-electron chi connectivity index (χ4n) is 7.83. The van der Waals surface area contributed by atoms with Gasteiger partial charge in [-0.3, -0.25) is 19.2 Å². The number of thiophene rings is 2. The zero-order valence-corrected chi connectivity index (χ0v) is 36.2. The normalized spacial score (nSPS) is 13.4. The molecule has 0 N–H and O–H groups in total. The first-order valence-electron chi connectivity index (χ1n) is 20.1. The fraction of sp³-hybridized carbons (Fsp3) is 0.115. The van der Waals surface area contributed by atoms with E-state index in [1.165, 1.54) is 12.2 Å². The number of ether oxygens (including phenoxy) is 4. The average Bonchev–Trinajstić information content (AvgIpc) is 4.07. The second-order valence-corrected chi connectivity index (χ2v) is 17.0. The van der Waals surface area contributed by atoms with Crippen molar-refractivity contribution in [3.63, 3.8) is 0 Å². The third-order valence-corrected chi connectivity index (χ3v) is 13.4. The Kier molecular flexibility index (Phi) is 12.6. The number of carbonyl (C=O) groups is 4. The number of hydrogen-bond donors (Lipinski definition) is 0. The summed E-state index contributed by atoms with van der Waals surface area (Å²) in [5.74, 6) is -4.29. The van der Waals surface area contributed by atoms with Gasteiger partial charge in [-0.25, -0.2) is 0 Å². The van der Waals surface area contributed by atoms with Crippen molar-refractivity contribution in [3.05, 3.63) is 199 Å². The van der Waals surface area contributed by atoms with Crippen LogP contribution in [-0.2, 0) is 75.4 Å². The Morgan fingerprint density at radius 3 is 0.939 bits per heavy atom. The Bertz CT molecular complexity index is 2850. The van der Waals surface area contributed by atoms with E-state index < -0.39 is 45.9 Å². The Balaban J connectivity index is 1.37. The highest BCUT2D eigenvalue weighted by Crippen LogP contribution is 2.60. The average molecular weight is 905 g/mol. The smallest absolute Gasteiger partial charge is 0.333 e. The van der Waals surface area contributed by atoms with Gasteiger partial charge in [0, 0.05) is 20.9 Å². The summed E-state index contributed by atoms with van der Waals surface area (Å²) in [6.45, 7) is -1.06. The summed E-state index contributed by atoms with van der Waals surface area (Å²) in [6, 6.07) is 42.3. The molecule has 0 saturated carbocycles. The molecule has 12 nitrogen and oxygen atoms in total. The molecule has 0 radical (unpaired) electrons. The predicted molar refractivity (Wildman–Crippen MR) is 243 cm³/mol.